The summed E-state index contributed by atoms with van der Waals surface area (Å²) in [7, 11) is 0. The van der Waals surface area contributed by atoms with Gasteiger partial charge in [-0.15, -0.1) is 0 Å². The summed E-state index contributed by atoms with van der Waals surface area (Å²) in [6, 6.07) is 10.5. The van der Waals surface area contributed by atoms with Crippen molar-refractivity contribution in [3.05, 3.63) is 35.9 Å². The monoisotopic (exact) mass is 171 g/mol. The van der Waals surface area contributed by atoms with Crippen molar-refractivity contribution in [2.45, 2.75) is 4.73 Å². The van der Waals surface area contributed by atoms with E-state index in [9.17, 15) is 0 Å². The van der Waals surface area contributed by atoms with Crippen LogP contribution in [0, 0.1) is 0 Å². The molecule has 0 nitrogen and oxygen atoms in total. The van der Waals surface area contributed by atoms with Crippen LogP contribution in [-0.4, -0.2) is 11.0 Å². The summed E-state index contributed by atoms with van der Waals surface area (Å²) >= 11 is 2.16. The number of benzene rings is 1. The van der Waals surface area contributed by atoms with E-state index < -0.39 is 0 Å². The maximum atomic E-state index is 2.16. The minimum absolute atomic E-state index is 0. The van der Waals surface area contributed by atoms with Crippen molar-refractivity contribution >= 4 is 11.0 Å². The third-order valence-electron chi connectivity index (χ3n) is 1.05. The minimum atomic E-state index is 0. The molecule has 0 saturated carbocycles. The predicted molar refractivity (Wildman–Crippen MR) is 41.5 cm³/mol. The summed E-state index contributed by atoms with van der Waals surface area (Å²) < 4.78 is 1.14. The van der Waals surface area contributed by atoms with Gasteiger partial charge in [-0.3, -0.25) is 0 Å². The first kappa shape index (κ1) is 9.15. The van der Waals surface area contributed by atoms with Crippen LogP contribution in [0.25, 0.3) is 0 Å². The number of hydrogen-bond acceptors (Lipinski definition) is 0. The summed E-state index contributed by atoms with van der Waals surface area (Å²) in [6.45, 7) is 0. The predicted octanol–water partition coefficient (Wildman–Crippen LogP) is 0.282. The molecule has 9 heavy (non-hydrogen) atoms. The Labute approximate surface area is 72.1 Å². The molecule has 0 aliphatic rings. The molecular weight excluding hydrogens is 160 g/mol. The molecule has 0 amide bonds. The van der Waals surface area contributed by atoms with Crippen molar-refractivity contribution in [2.24, 2.45) is 0 Å². The fourth-order valence-corrected chi connectivity index (χ4v) is 0.964. The number of hydrogen-bond donors (Lipinski definition) is 0. The van der Waals surface area contributed by atoms with Gasteiger partial charge in [0.05, 0.1) is 0 Å². The first-order valence-corrected chi connectivity index (χ1v) is 3.72. The molecule has 0 aliphatic carbocycles. The average Bonchev–Trinajstić information content (AvgIpc) is 1.90. The molecule has 0 fully saturated rings. The van der Waals surface area contributed by atoms with Crippen LogP contribution in [0.5, 0.6) is 0 Å². The summed E-state index contributed by atoms with van der Waals surface area (Å²) in [5, 5.41) is 0. The molecule has 0 atom stereocenters. The van der Waals surface area contributed by atoms with E-state index in [1.165, 1.54) is 5.56 Å². The quantitative estimate of drug-likeness (QED) is 0.532. The van der Waals surface area contributed by atoms with Crippen LogP contribution >= 0.6 is 0 Å². The Kier molecular flexibility index (Phi) is 5.06. The summed E-state index contributed by atoms with van der Waals surface area (Å²) in [6.07, 6.45) is 0. The van der Waals surface area contributed by atoms with E-state index in [-0.39, 0.29) is 11.0 Å². The molecule has 0 unspecified atom stereocenters. The van der Waals surface area contributed by atoms with Crippen molar-refractivity contribution in [3.8, 4) is 0 Å². The molecule has 1 rings (SSSR count). The molecule has 0 radical (unpaired) electrons. The van der Waals surface area contributed by atoms with Gasteiger partial charge in [-0.1, -0.05) is 0 Å². The second kappa shape index (κ2) is 4.98. The fraction of sp³-hybridized carbons (Fsp3) is 0.143. The van der Waals surface area contributed by atoms with Crippen LogP contribution in [-0.2, 0) is 25.2 Å². The van der Waals surface area contributed by atoms with Crippen molar-refractivity contribution in [3.63, 3.8) is 0 Å². The van der Waals surface area contributed by atoms with Gasteiger partial charge in [0.15, 0.2) is 0 Å². The zero-order chi connectivity index (χ0) is 5.82. The summed E-state index contributed by atoms with van der Waals surface area (Å²) in [5.41, 5.74) is 1.41. The van der Waals surface area contributed by atoms with Crippen LogP contribution in [0.2, 0.25) is 0 Å². The third-order valence-corrected chi connectivity index (χ3v) is 1.68. The van der Waals surface area contributed by atoms with Gasteiger partial charge in [-0.2, -0.15) is 0 Å². The fourth-order valence-electron chi connectivity index (χ4n) is 0.596. The average molecular weight is 171 g/mol. The normalized spacial score (nSPS) is 7.89. The van der Waals surface area contributed by atoms with Crippen molar-refractivity contribution in [1.82, 2.24) is 0 Å². The molecule has 0 bridgehead atoms. The van der Waals surface area contributed by atoms with E-state index in [0.717, 1.165) is 4.73 Å². The molecule has 0 aliphatic heterocycles. The van der Waals surface area contributed by atoms with Gasteiger partial charge in [0.1, 0.15) is 0 Å². The van der Waals surface area contributed by atoms with E-state index in [1.54, 1.807) is 0 Å². The van der Waals surface area contributed by atoms with E-state index in [4.69, 9.17) is 0 Å². The Balaban J connectivity index is 0.000000640. The number of rotatable bonds is 1. The first-order valence-electron chi connectivity index (χ1n) is 2.62. The van der Waals surface area contributed by atoms with Crippen molar-refractivity contribution in [2.75, 3.05) is 0 Å². The van der Waals surface area contributed by atoms with Gasteiger partial charge in [0.25, 0.3) is 0 Å². The van der Waals surface area contributed by atoms with E-state index in [0.29, 0.717) is 0 Å². The molecular formula is C7H11SiTi. The van der Waals surface area contributed by atoms with Crippen LogP contribution in [0.1, 0.15) is 5.56 Å². The summed E-state index contributed by atoms with van der Waals surface area (Å²) in [5.74, 6) is 0. The second-order valence-electron chi connectivity index (χ2n) is 1.66. The van der Waals surface area contributed by atoms with Gasteiger partial charge in [0.2, 0.25) is 0 Å². The zero-order valence-corrected chi connectivity index (χ0v) is 6.16. The first-order chi connectivity index (χ1) is 3.93. The van der Waals surface area contributed by atoms with Gasteiger partial charge in [0, 0.05) is 0 Å². The zero-order valence-electron chi connectivity index (χ0n) is 4.59. The van der Waals surface area contributed by atoms with Crippen LogP contribution < -0.4 is 0 Å². The van der Waals surface area contributed by atoms with Crippen LogP contribution in [0.3, 0.4) is 0 Å². The van der Waals surface area contributed by atoms with Crippen molar-refractivity contribution in [1.29, 1.82) is 0 Å². The van der Waals surface area contributed by atoms with Crippen LogP contribution in [0.15, 0.2) is 30.3 Å². The second-order valence-corrected chi connectivity index (χ2v) is 2.21. The topological polar surface area (TPSA) is 0 Å². The Bertz CT molecular complexity index is 150. The molecule has 0 heterocycles. The molecule has 1 aromatic carbocycles. The molecule has 0 N–H and O–H groups in total. The van der Waals surface area contributed by atoms with E-state index in [1.807, 2.05) is 6.07 Å². The van der Waals surface area contributed by atoms with Crippen molar-refractivity contribution < 1.29 is 20.4 Å². The van der Waals surface area contributed by atoms with E-state index in [2.05, 4.69) is 44.7 Å². The Morgan fingerprint density at radius 1 is 1.11 bits per heavy atom. The standard InChI is InChI=1S/C7H7.H4Si.Ti/c1-7-5-3-2-4-6-7;;/h2-6H,1H2;1H4;. The van der Waals surface area contributed by atoms with Gasteiger partial charge >= 0.3 is 61.1 Å². The van der Waals surface area contributed by atoms with E-state index >= 15 is 0 Å². The Hall–Kier alpha value is 0.151. The van der Waals surface area contributed by atoms with Gasteiger partial charge in [-0.25, -0.2) is 0 Å². The molecule has 0 saturated heterocycles. The maximum absolute atomic E-state index is 2.16. The molecule has 1 aromatic rings. The SMILES string of the molecule is [SiH4].[Ti][CH2]c1ccccc1. The van der Waals surface area contributed by atoms with Gasteiger partial charge in [-0.05, 0) is 11.0 Å². The molecule has 0 spiro atoms. The third kappa shape index (κ3) is 2.99. The molecule has 0 aromatic heterocycles. The molecule has 2 heteroatoms. The summed E-state index contributed by atoms with van der Waals surface area (Å²) in [4.78, 5) is 0. The molecule has 47 valence electrons. The Morgan fingerprint density at radius 2 is 1.67 bits per heavy atom. The van der Waals surface area contributed by atoms with Crippen LogP contribution in [0.4, 0.5) is 0 Å². The Morgan fingerprint density at radius 3 is 2.00 bits per heavy atom. The van der Waals surface area contributed by atoms with Gasteiger partial charge < -0.3 is 0 Å².